The molecule has 124 valence electrons. The molecule has 0 amide bonds. The minimum Gasteiger partial charge on any atom is -0.489 e. The van der Waals surface area contributed by atoms with Crippen LogP contribution in [0, 0.1) is 6.92 Å². The number of rotatable bonds is 7. The summed E-state index contributed by atoms with van der Waals surface area (Å²) < 4.78 is 11.3. The third-order valence-electron chi connectivity index (χ3n) is 3.82. The molecule has 0 aromatic heterocycles. The van der Waals surface area contributed by atoms with E-state index in [4.69, 9.17) is 32.7 Å². The molecule has 2 rings (SSSR count). The average molecular weight is 347 g/mol. The van der Waals surface area contributed by atoms with Crippen LogP contribution in [0.4, 0.5) is 0 Å². The second-order valence-electron chi connectivity index (χ2n) is 5.64. The molecule has 1 aliphatic rings. The number of hydrogen-bond acceptors (Lipinski definition) is 4. The first-order valence-corrected chi connectivity index (χ1v) is 8.39. The Morgan fingerprint density at radius 2 is 1.77 bits per heavy atom. The van der Waals surface area contributed by atoms with Crippen molar-refractivity contribution < 1.29 is 9.47 Å². The molecule has 1 fully saturated rings. The number of hydrogen-bond donors (Lipinski definition) is 0. The Hall–Kier alpha value is -0.520. The normalized spacial score (nSPS) is 16.9. The molecule has 0 saturated carbocycles. The number of piperazine rings is 1. The lowest BCUT2D eigenvalue weighted by Gasteiger charge is -2.32. The Bertz CT molecular complexity index is 454. The molecule has 0 spiro atoms. The van der Waals surface area contributed by atoms with Crippen LogP contribution in [0.1, 0.15) is 5.56 Å². The molecule has 0 unspecified atom stereocenters. The van der Waals surface area contributed by atoms with Crippen LogP contribution < -0.4 is 4.74 Å². The summed E-state index contributed by atoms with van der Waals surface area (Å²) in [6, 6.07) is 3.54. The average Bonchev–Trinajstić information content (AvgIpc) is 2.46. The molecule has 1 aromatic carbocycles. The van der Waals surface area contributed by atoms with Crippen LogP contribution in [-0.4, -0.2) is 69.4 Å². The lowest BCUT2D eigenvalue weighted by atomic mass is 10.2. The van der Waals surface area contributed by atoms with E-state index in [-0.39, 0.29) is 0 Å². The van der Waals surface area contributed by atoms with Crippen LogP contribution >= 0.6 is 23.2 Å². The summed E-state index contributed by atoms with van der Waals surface area (Å²) in [5, 5.41) is 1.17. The van der Waals surface area contributed by atoms with Gasteiger partial charge in [0.2, 0.25) is 0 Å². The van der Waals surface area contributed by atoms with Gasteiger partial charge in [0.05, 0.1) is 18.2 Å². The van der Waals surface area contributed by atoms with Crippen molar-refractivity contribution in [2.45, 2.75) is 6.92 Å². The van der Waals surface area contributed by atoms with E-state index in [9.17, 15) is 0 Å². The van der Waals surface area contributed by atoms with E-state index in [1.165, 1.54) is 0 Å². The number of nitrogens with zero attached hydrogens (tertiary/aromatic N) is 2. The third kappa shape index (κ3) is 5.60. The molecule has 0 bridgehead atoms. The summed E-state index contributed by atoms with van der Waals surface area (Å²) in [5.74, 6) is 0.689. The first-order valence-electron chi connectivity index (χ1n) is 7.63. The molecule has 0 N–H and O–H groups in total. The summed E-state index contributed by atoms with van der Waals surface area (Å²) in [7, 11) is 2.16. The second kappa shape index (κ2) is 8.94. The van der Waals surface area contributed by atoms with Gasteiger partial charge in [0.25, 0.3) is 0 Å². The van der Waals surface area contributed by atoms with E-state index in [0.717, 1.165) is 44.9 Å². The van der Waals surface area contributed by atoms with Crippen molar-refractivity contribution in [1.82, 2.24) is 9.80 Å². The highest BCUT2D eigenvalue weighted by atomic mass is 35.5. The van der Waals surface area contributed by atoms with Crippen LogP contribution in [0.5, 0.6) is 5.75 Å². The van der Waals surface area contributed by atoms with Gasteiger partial charge in [-0.2, -0.15) is 0 Å². The maximum atomic E-state index is 6.13. The van der Waals surface area contributed by atoms with Crippen LogP contribution in [-0.2, 0) is 4.74 Å². The fourth-order valence-corrected chi connectivity index (χ4v) is 3.09. The SMILES string of the molecule is Cc1cc(Cl)cc(Cl)c1OCCOCCN1CCN(C)CC1. The van der Waals surface area contributed by atoms with E-state index in [2.05, 4.69) is 16.8 Å². The fraction of sp³-hybridized carbons (Fsp3) is 0.625. The first-order chi connectivity index (χ1) is 10.6. The number of likely N-dealkylation sites (N-methyl/N-ethyl adjacent to an activating group) is 1. The Morgan fingerprint density at radius 1 is 1.05 bits per heavy atom. The van der Waals surface area contributed by atoms with Gasteiger partial charge in [0.1, 0.15) is 12.4 Å². The molecule has 22 heavy (non-hydrogen) atoms. The smallest absolute Gasteiger partial charge is 0.141 e. The lowest BCUT2D eigenvalue weighted by molar-refractivity contribution is 0.0657. The van der Waals surface area contributed by atoms with Crippen molar-refractivity contribution in [3.8, 4) is 5.75 Å². The van der Waals surface area contributed by atoms with E-state index < -0.39 is 0 Å². The van der Waals surface area contributed by atoms with Gasteiger partial charge >= 0.3 is 0 Å². The van der Waals surface area contributed by atoms with Crippen LogP contribution in [0.25, 0.3) is 0 Å². The van der Waals surface area contributed by atoms with Gasteiger partial charge in [-0.05, 0) is 31.7 Å². The lowest BCUT2D eigenvalue weighted by Crippen LogP contribution is -2.45. The zero-order valence-electron chi connectivity index (χ0n) is 13.3. The molecule has 0 aliphatic carbocycles. The van der Waals surface area contributed by atoms with Crippen LogP contribution in [0.2, 0.25) is 10.0 Å². The Morgan fingerprint density at radius 3 is 2.45 bits per heavy atom. The Kier molecular flexibility index (Phi) is 7.25. The third-order valence-corrected chi connectivity index (χ3v) is 4.31. The number of benzene rings is 1. The standard InChI is InChI=1S/C16H24Cl2N2O2/c1-13-11-14(17)12-15(18)16(13)22-10-9-21-8-7-20-5-3-19(2)4-6-20/h11-12H,3-10H2,1-2H3. The van der Waals surface area contributed by atoms with Crippen molar-refractivity contribution >= 4 is 23.2 Å². The van der Waals surface area contributed by atoms with E-state index in [1.54, 1.807) is 6.07 Å². The van der Waals surface area contributed by atoms with Crippen molar-refractivity contribution in [3.05, 3.63) is 27.7 Å². The quantitative estimate of drug-likeness (QED) is 0.708. The summed E-state index contributed by atoms with van der Waals surface area (Å²) in [5.41, 5.74) is 0.940. The maximum Gasteiger partial charge on any atom is 0.141 e. The maximum absolute atomic E-state index is 6.13. The molecule has 1 aliphatic heterocycles. The summed E-state index contributed by atoms with van der Waals surface area (Å²) in [6.07, 6.45) is 0. The number of ether oxygens (including phenoxy) is 2. The minimum atomic E-state index is 0.491. The summed E-state index contributed by atoms with van der Waals surface area (Å²) in [6.45, 7) is 9.22. The van der Waals surface area contributed by atoms with E-state index in [0.29, 0.717) is 29.0 Å². The molecule has 4 nitrogen and oxygen atoms in total. The molecular weight excluding hydrogens is 323 g/mol. The summed E-state index contributed by atoms with van der Waals surface area (Å²) in [4.78, 5) is 4.78. The molecule has 6 heteroatoms. The first kappa shape index (κ1) is 17.8. The van der Waals surface area contributed by atoms with Gasteiger partial charge < -0.3 is 14.4 Å². The van der Waals surface area contributed by atoms with Crippen LogP contribution in [0.3, 0.4) is 0 Å². The highest BCUT2D eigenvalue weighted by molar-refractivity contribution is 6.35. The molecule has 0 radical (unpaired) electrons. The Balaban J connectivity index is 1.60. The van der Waals surface area contributed by atoms with Gasteiger partial charge in [-0.25, -0.2) is 0 Å². The molecule has 1 saturated heterocycles. The van der Waals surface area contributed by atoms with Gasteiger partial charge in [-0.1, -0.05) is 23.2 Å². The van der Waals surface area contributed by atoms with Gasteiger partial charge in [0.15, 0.2) is 0 Å². The largest absolute Gasteiger partial charge is 0.489 e. The van der Waals surface area contributed by atoms with Crippen molar-refractivity contribution in [2.24, 2.45) is 0 Å². The van der Waals surface area contributed by atoms with Crippen molar-refractivity contribution in [2.75, 3.05) is 59.6 Å². The van der Waals surface area contributed by atoms with Crippen LogP contribution in [0.15, 0.2) is 12.1 Å². The predicted octanol–water partition coefficient (Wildman–Crippen LogP) is 2.94. The minimum absolute atomic E-state index is 0.491. The topological polar surface area (TPSA) is 24.9 Å². The fourth-order valence-electron chi connectivity index (χ4n) is 2.44. The predicted molar refractivity (Wildman–Crippen MR) is 91.5 cm³/mol. The number of halogens is 2. The van der Waals surface area contributed by atoms with Gasteiger partial charge in [-0.15, -0.1) is 0 Å². The van der Waals surface area contributed by atoms with Crippen molar-refractivity contribution in [3.63, 3.8) is 0 Å². The number of aryl methyl sites for hydroxylation is 1. The highest BCUT2D eigenvalue weighted by Gasteiger charge is 2.13. The monoisotopic (exact) mass is 346 g/mol. The molecular formula is C16H24Cl2N2O2. The van der Waals surface area contributed by atoms with Crippen molar-refractivity contribution in [1.29, 1.82) is 0 Å². The van der Waals surface area contributed by atoms with E-state index in [1.807, 2.05) is 13.0 Å². The molecule has 1 aromatic rings. The highest BCUT2D eigenvalue weighted by Crippen LogP contribution is 2.31. The second-order valence-corrected chi connectivity index (χ2v) is 6.48. The van der Waals surface area contributed by atoms with Gasteiger partial charge in [0, 0.05) is 37.7 Å². The Labute approximate surface area is 142 Å². The zero-order valence-corrected chi connectivity index (χ0v) is 14.8. The van der Waals surface area contributed by atoms with Gasteiger partial charge in [-0.3, -0.25) is 4.90 Å². The molecule has 0 atom stereocenters. The zero-order chi connectivity index (χ0) is 15.9. The molecule has 1 heterocycles. The van der Waals surface area contributed by atoms with E-state index >= 15 is 0 Å². The summed E-state index contributed by atoms with van der Waals surface area (Å²) >= 11 is 12.1.